The van der Waals surface area contributed by atoms with Gasteiger partial charge in [-0.25, -0.2) is 0 Å². The SMILES string of the molecule is Cc1cc(C(O)(C(F)(F)Cl)C(F)(F)Cl)cc(C)c1NCCC#N. The average molecular weight is 373 g/mol. The number of nitrogens with zero attached hydrogens (tertiary/aromatic N) is 1. The van der Waals surface area contributed by atoms with Gasteiger partial charge in [-0.3, -0.25) is 0 Å². The number of benzene rings is 1. The van der Waals surface area contributed by atoms with Crippen molar-refractivity contribution in [3.8, 4) is 6.07 Å². The molecule has 0 unspecified atom stereocenters. The van der Waals surface area contributed by atoms with Gasteiger partial charge >= 0.3 is 10.8 Å². The number of nitriles is 1. The van der Waals surface area contributed by atoms with Crippen molar-refractivity contribution in [1.29, 1.82) is 5.26 Å². The second-order valence-corrected chi connectivity index (χ2v) is 5.98. The normalized spacial score (nSPS) is 12.9. The molecule has 0 aliphatic carbocycles. The summed E-state index contributed by atoms with van der Waals surface area (Å²) in [7, 11) is 0. The molecule has 0 radical (unpaired) electrons. The van der Waals surface area contributed by atoms with Gasteiger partial charge in [0.15, 0.2) is 0 Å². The molecule has 2 N–H and O–H groups in total. The Kier molecular flexibility index (Phi) is 5.79. The average Bonchev–Trinajstić information content (AvgIpc) is 2.38. The highest BCUT2D eigenvalue weighted by atomic mass is 35.5. The highest BCUT2D eigenvalue weighted by molar-refractivity contribution is 6.26. The number of aliphatic hydroxyl groups is 1. The maximum absolute atomic E-state index is 13.5. The van der Waals surface area contributed by atoms with Crippen molar-refractivity contribution >= 4 is 28.9 Å². The fourth-order valence-corrected chi connectivity index (χ4v) is 2.69. The molecular formula is C14H14Cl2F4N2O. The van der Waals surface area contributed by atoms with Gasteiger partial charge in [0, 0.05) is 12.2 Å². The van der Waals surface area contributed by atoms with Crippen molar-refractivity contribution in [3.05, 3.63) is 28.8 Å². The second-order valence-electron chi connectivity index (χ2n) is 5.03. The molecule has 0 fully saturated rings. The Bertz CT molecular complexity index is 584. The van der Waals surface area contributed by atoms with Crippen LogP contribution in [0.5, 0.6) is 0 Å². The number of halogens is 6. The standard InChI is InChI=1S/C14H14Cl2F4N2O/c1-8-6-10(7-9(2)11(8)22-5-3-4-21)12(23,13(15,17)18)14(16,19)20/h6-7,22-23H,3,5H2,1-2H3. The zero-order chi connectivity index (χ0) is 18.1. The minimum Gasteiger partial charge on any atom is -0.384 e. The van der Waals surface area contributed by atoms with Crippen LogP contribution in [0.3, 0.4) is 0 Å². The number of alkyl halides is 6. The Labute approximate surface area is 140 Å². The molecule has 1 aromatic carbocycles. The molecule has 128 valence electrons. The molecule has 0 atom stereocenters. The third-order valence-electron chi connectivity index (χ3n) is 3.31. The fraction of sp³-hybridized carbons (Fsp3) is 0.500. The minimum absolute atomic E-state index is 0.198. The van der Waals surface area contributed by atoms with Crippen LogP contribution in [0.4, 0.5) is 23.2 Å². The molecule has 3 nitrogen and oxygen atoms in total. The number of rotatable bonds is 6. The Hall–Kier alpha value is -1.23. The van der Waals surface area contributed by atoms with Gasteiger partial charge in [-0.15, -0.1) is 0 Å². The van der Waals surface area contributed by atoms with E-state index in [4.69, 9.17) is 28.5 Å². The quantitative estimate of drug-likeness (QED) is 0.439. The van der Waals surface area contributed by atoms with Crippen LogP contribution in [0.1, 0.15) is 23.1 Å². The van der Waals surface area contributed by atoms with Gasteiger partial charge < -0.3 is 10.4 Å². The summed E-state index contributed by atoms with van der Waals surface area (Å²) in [6, 6.07) is 3.82. The lowest BCUT2D eigenvalue weighted by Crippen LogP contribution is -2.52. The molecule has 1 rings (SSSR count). The van der Waals surface area contributed by atoms with Crippen molar-refractivity contribution in [2.75, 3.05) is 11.9 Å². The van der Waals surface area contributed by atoms with E-state index in [-0.39, 0.29) is 6.42 Å². The van der Waals surface area contributed by atoms with Crippen molar-refractivity contribution < 1.29 is 22.7 Å². The topological polar surface area (TPSA) is 56.0 Å². The smallest absolute Gasteiger partial charge is 0.361 e. The van der Waals surface area contributed by atoms with E-state index in [0.717, 1.165) is 12.1 Å². The van der Waals surface area contributed by atoms with E-state index < -0.39 is 21.9 Å². The van der Waals surface area contributed by atoms with Crippen LogP contribution in [0.15, 0.2) is 12.1 Å². The molecule has 0 saturated heterocycles. The van der Waals surface area contributed by atoms with Crippen molar-refractivity contribution in [2.24, 2.45) is 0 Å². The zero-order valence-corrected chi connectivity index (χ0v) is 13.7. The van der Waals surface area contributed by atoms with E-state index in [1.165, 1.54) is 13.8 Å². The third kappa shape index (κ3) is 3.82. The Morgan fingerprint density at radius 2 is 1.57 bits per heavy atom. The summed E-state index contributed by atoms with van der Waals surface area (Å²) >= 11 is 9.41. The van der Waals surface area contributed by atoms with Crippen LogP contribution in [0, 0.1) is 25.2 Å². The Morgan fingerprint density at radius 1 is 1.13 bits per heavy atom. The molecule has 1 aromatic rings. The molecule has 23 heavy (non-hydrogen) atoms. The zero-order valence-electron chi connectivity index (χ0n) is 12.2. The van der Waals surface area contributed by atoms with E-state index in [0.29, 0.717) is 23.4 Å². The maximum atomic E-state index is 13.5. The van der Waals surface area contributed by atoms with Crippen molar-refractivity contribution in [1.82, 2.24) is 0 Å². The number of nitrogens with one attached hydrogen (secondary N) is 1. The highest BCUT2D eigenvalue weighted by Crippen LogP contribution is 2.53. The number of anilines is 1. The number of hydrogen-bond acceptors (Lipinski definition) is 3. The van der Waals surface area contributed by atoms with Gasteiger partial charge in [0.25, 0.3) is 0 Å². The molecule has 0 amide bonds. The summed E-state index contributed by atoms with van der Waals surface area (Å²) in [6.07, 6.45) is 0.198. The maximum Gasteiger partial charge on any atom is 0.361 e. The van der Waals surface area contributed by atoms with Crippen LogP contribution in [0.2, 0.25) is 0 Å². The van der Waals surface area contributed by atoms with E-state index in [1.54, 1.807) is 0 Å². The first kappa shape index (κ1) is 19.8. The van der Waals surface area contributed by atoms with Crippen molar-refractivity contribution in [3.63, 3.8) is 0 Å². The number of aryl methyl sites for hydroxylation is 2. The van der Waals surface area contributed by atoms with Crippen LogP contribution in [-0.4, -0.2) is 22.4 Å². The van der Waals surface area contributed by atoms with Crippen LogP contribution in [0.25, 0.3) is 0 Å². The van der Waals surface area contributed by atoms with Gasteiger partial charge in [-0.05, 0) is 53.7 Å². The molecule has 0 heterocycles. The van der Waals surface area contributed by atoms with Crippen LogP contribution in [-0.2, 0) is 5.60 Å². The first-order valence-corrected chi connectivity index (χ1v) is 7.20. The van der Waals surface area contributed by atoms with Gasteiger partial charge in [-0.2, -0.15) is 22.8 Å². The largest absolute Gasteiger partial charge is 0.384 e. The first-order valence-electron chi connectivity index (χ1n) is 6.44. The van der Waals surface area contributed by atoms with E-state index in [1.807, 2.05) is 6.07 Å². The van der Waals surface area contributed by atoms with Crippen LogP contribution < -0.4 is 5.32 Å². The fourth-order valence-electron chi connectivity index (χ4n) is 2.18. The third-order valence-corrected chi connectivity index (χ3v) is 3.86. The monoisotopic (exact) mass is 372 g/mol. The summed E-state index contributed by atoms with van der Waals surface area (Å²) in [5.74, 6) is 0. The highest BCUT2D eigenvalue weighted by Gasteiger charge is 2.68. The van der Waals surface area contributed by atoms with Crippen LogP contribution >= 0.6 is 23.2 Å². The first-order chi connectivity index (χ1) is 10.4. The molecular weight excluding hydrogens is 359 g/mol. The minimum atomic E-state index is -4.70. The van der Waals surface area contributed by atoms with Gasteiger partial charge in [0.05, 0.1) is 12.5 Å². The van der Waals surface area contributed by atoms with E-state index in [2.05, 4.69) is 5.32 Å². The lowest BCUT2D eigenvalue weighted by atomic mass is 9.90. The summed E-state index contributed by atoms with van der Waals surface area (Å²) in [6.45, 7) is 3.24. The summed E-state index contributed by atoms with van der Waals surface area (Å²) in [4.78, 5) is 0. The predicted molar refractivity (Wildman–Crippen MR) is 80.1 cm³/mol. The second kappa shape index (κ2) is 6.71. The molecule has 0 aliphatic heterocycles. The number of hydrogen-bond donors (Lipinski definition) is 2. The predicted octanol–water partition coefficient (Wildman–Crippen LogP) is 4.48. The molecule has 0 spiro atoms. The summed E-state index contributed by atoms with van der Waals surface area (Å²) in [5.41, 5.74) is -3.76. The van der Waals surface area contributed by atoms with Crippen molar-refractivity contribution in [2.45, 2.75) is 36.6 Å². The lowest BCUT2D eigenvalue weighted by Gasteiger charge is -2.35. The summed E-state index contributed by atoms with van der Waals surface area (Å²) < 4.78 is 53.9. The van der Waals surface area contributed by atoms with Gasteiger partial charge in [0.2, 0.25) is 5.60 Å². The van der Waals surface area contributed by atoms with E-state index >= 15 is 0 Å². The molecule has 0 aromatic heterocycles. The Balaban J connectivity index is 3.41. The summed E-state index contributed by atoms with van der Waals surface area (Å²) in [5, 5.41) is 11.9. The molecule has 9 heteroatoms. The molecule has 0 saturated carbocycles. The molecule has 0 aliphatic rings. The lowest BCUT2D eigenvalue weighted by molar-refractivity contribution is -0.224. The Morgan fingerprint density at radius 3 is 1.91 bits per heavy atom. The van der Waals surface area contributed by atoms with Gasteiger partial charge in [0.1, 0.15) is 0 Å². The van der Waals surface area contributed by atoms with Gasteiger partial charge in [-0.1, -0.05) is 12.1 Å². The molecule has 0 bridgehead atoms. The van der Waals surface area contributed by atoms with E-state index in [9.17, 15) is 22.7 Å².